The molecule has 0 bridgehead atoms. The number of hydrogen-bond acceptors (Lipinski definition) is 5. The van der Waals surface area contributed by atoms with Crippen LogP contribution in [0.15, 0.2) is 24.3 Å². The van der Waals surface area contributed by atoms with Crippen LogP contribution < -0.4 is 5.32 Å². The first kappa shape index (κ1) is 53.3. The van der Waals surface area contributed by atoms with Gasteiger partial charge in [0, 0.05) is 6.42 Å². The van der Waals surface area contributed by atoms with Gasteiger partial charge in [-0.1, -0.05) is 193 Å². The maximum absolute atomic E-state index is 13.1. The molecule has 55 heavy (non-hydrogen) atoms. The molecule has 0 spiro atoms. The first-order valence-corrected chi connectivity index (χ1v) is 24.1. The second kappa shape index (κ2) is 43.5. The van der Waals surface area contributed by atoms with Crippen LogP contribution in [0.3, 0.4) is 0 Å². The Morgan fingerprint density at radius 1 is 0.509 bits per heavy atom. The number of ether oxygens (including phenoxy) is 1. The van der Waals surface area contributed by atoms with Gasteiger partial charge in [-0.2, -0.15) is 0 Å². The highest BCUT2D eigenvalue weighted by atomic mass is 16.5. The van der Waals surface area contributed by atoms with E-state index in [0.717, 1.165) is 70.6 Å². The Morgan fingerprint density at radius 2 is 0.891 bits per heavy atom. The average Bonchev–Trinajstić information content (AvgIpc) is 3.18. The zero-order valence-electron chi connectivity index (χ0n) is 36.8. The van der Waals surface area contributed by atoms with Gasteiger partial charge < -0.3 is 20.3 Å². The van der Waals surface area contributed by atoms with Crippen molar-refractivity contribution in [3.63, 3.8) is 0 Å². The molecule has 6 nitrogen and oxygen atoms in total. The van der Waals surface area contributed by atoms with Crippen LogP contribution in [0.2, 0.25) is 0 Å². The molecule has 1 amide bonds. The van der Waals surface area contributed by atoms with Gasteiger partial charge in [0.25, 0.3) is 0 Å². The third kappa shape index (κ3) is 39.0. The molecule has 6 heteroatoms. The molecule has 0 heterocycles. The number of carbonyl (C=O) groups excluding carboxylic acids is 2. The van der Waals surface area contributed by atoms with E-state index in [9.17, 15) is 19.8 Å². The van der Waals surface area contributed by atoms with E-state index in [1.54, 1.807) is 0 Å². The van der Waals surface area contributed by atoms with E-state index in [1.165, 1.54) is 135 Å². The Balaban J connectivity index is 4.60. The van der Waals surface area contributed by atoms with Gasteiger partial charge in [0.2, 0.25) is 5.91 Å². The number of hydrogen-bond donors (Lipinski definition) is 3. The van der Waals surface area contributed by atoms with Crippen LogP contribution >= 0.6 is 0 Å². The van der Waals surface area contributed by atoms with Crippen LogP contribution in [0.1, 0.15) is 252 Å². The van der Waals surface area contributed by atoms with Crippen molar-refractivity contribution in [3.8, 4) is 0 Å². The Kier molecular flexibility index (Phi) is 42.2. The van der Waals surface area contributed by atoms with Crippen molar-refractivity contribution in [2.24, 2.45) is 0 Å². The van der Waals surface area contributed by atoms with Crippen LogP contribution in [0.5, 0.6) is 0 Å². The SMILES string of the molecule is CCCC/C=C\CCCCCCCC(=O)OC(CCCCCCC/C=C/CCCCCCCC)CC(=O)NC(CO)C(O)CCCCCCCCCCCC. The molecule has 0 aromatic rings. The minimum absolute atomic E-state index is 0.0718. The number of unbranched alkanes of at least 4 members (excludes halogenated alkanes) is 27. The van der Waals surface area contributed by atoms with E-state index in [-0.39, 0.29) is 24.9 Å². The monoisotopic (exact) mass is 776 g/mol. The highest BCUT2D eigenvalue weighted by Crippen LogP contribution is 2.17. The minimum atomic E-state index is -0.786. The van der Waals surface area contributed by atoms with Crippen LogP contribution in [0.4, 0.5) is 0 Å². The summed E-state index contributed by atoms with van der Waals surface area (Å²) >= 11 is 0. The van der Waals surface area contributed by atoms with Crippen molar-refractivity contribution in [1.29, 1.82) is 0 Å². The van der Waals surface area contributed by atoms with Crippen molar-refractivity contribution in [1.82, 2.24) is 5.32 Å². The molecular weight excluding hydrogens is 683 g/mol. The van der Waals surface area contributed by atoms with Gasteiger partial charge >= 0.3 is 5.97 Å². The number of allylic oxidation sites excluding steroid dienone is 4. The summed E-state index contributed by atoms with van der Waals surface area (Å²) in [6.07, 6.45) is 48.1. The summed E-state index contributed by atoms with van der Waals surface area (Å²) < 4.78 is 5.90. The largest absolute Gasteiger partial charge is 0.462 e. The quantitative estimate of drug-likeness (QED) is 0.0326. The first-order valence-electron chi connectivity index (χ1n) is 24.1. The standard InChI is InChI=1S/C49H93NO5/c1-4-7-10-13-16-19-22-23-24-25-27-28-31-34-37-40-45(55-49(54)42-39-36-33-30-26-20-17-14-11-8-5-2)43-48(53)50-46(44-51)47(52)41-38-35-32-29-21-18-15-12-9-6-3/h14,17,23-24,45-47,51-52H,4-13,15-16,18-22,25-44H2,1-3H3,(H,50,53)/b17-14-,24-23+. The van der Waals surface area contributed by atoms with Gasteiger partial charge in [0.05, 0.1) is 25.2 Å². The summed E-state index contributed by atoms with van der Waals surface area (Å²) in [7, 11) is 0. The topological polar surface area (TPSA) is 95.9 Å². The Labute approximate surface area is 341 Å². The first-order chi connectivity index (χ1) is 27.0. The summed E-state index contributed by atoms with van der Waals surface area (Å²) in [5.74, 6) is -0.487. The third-order valence-corrected chi connectivity index (χ3v) is 11.0. The predicted octanol–water partition coefficient (Wildman–Crippen LogP) is 14.0. The molecule has 0 saturated carbocycles. The maximum atomic E-state index is 13.1. The number of aliphatic hydroxyl groups is 2. The van der Waals surface area contributed by atoms with Gasteiger partial charge in [-0.15, -0.1) is 0 Å². The van der Waals surface area contributed by atoms with Crippen molar-refractivity contribution in [3.05, 3.63) is 24.3 Å². The fraction of sp³-hybridized carbons (Fsp3) is 0.878. The van der Waals surface area contributed by atoms with E-state index >= 15 is 0 Å². The van der Waals surface area contributed by atoms with Gasteiger partial charge in [0.1, 0.15) is 6.10 Å². The highest BCUT2D eigenvalue weighted by Gasteiger charge is 2.24. The lowest BCUT2D eigenvalue weighted by molar-refractivity contribution is -0.151. The number of amides is 1. The lowest BCUT2D eigenvalue weighted by atomic mass is 10.0. The molecule has 0 saturated heterocycles. The molecule has 0 aliphatic heterocycles. The fourth-order valence-corrected chi connectivity index (χ4v) is 7.29. The second-order valence-corrected chi connectivity index (χ2v) is 16.5. The molecule has 0 rings (SSSR count). The molecule has 3 unspecified atom stereocenters. The fourth-order valence-electron chi connectivity index (χ4n) is 7.29. The second-order valence-electron chi connectivity index (χ2n) is 16.5. The van der Waals surface area contributed by atoms with Crippen LogP contribution in [-0.2, 0) is 14.3 Å². The molecule has 3 atom stereocenters. The van der Waals surface area contributed by atoms with Gasteiger partial charge in [-0.3, -0.25) is 9.59 Å². The lowest BCUT2D eigenvalue weighted by Gasteiger charge is -2.24. The molecule has 3 N–H and O–H groups in total. The molecule has 0 aromatic heterocycles. The van der Waals surface area contributed by atoms with Gasteiger partial charge in [-0.25, -0.2) is 0 Å². The number of esters is 1. The smallest absolute Gasteiger partial charge is 0.306 e. The van der Waals surface area contributed by atoms with Gasteiger partial charge in [-0.05, 0) is 70.6 Å². The van der Waals surface area contributed by atoms with E-state index < -0.39 is 18.2 Å². The number of aliphatic hydroxyl groups excluding tert-OH is 2. The van der Waals surface area contributed by atoms with E-state index in [0.29, 0.717) is 19.3 Å². The average molecular weight is 776 g/mol. The normalized spacial score (nSPS) is 13.5. The summed E-state index contributed by atoms with van der Waals surface area (Å²) in [4.78, 5) is 26.0. The maximum Gasteiger partial charge on any atom is 0.306 e. The Morgan fingerprint density at radius 3 is 1.35 bits per heavy atom. The lowest BCUT2D eigenvalue weighted by Crippen LogP contribution is -2.46. The molecule has 0 aromatic carbocycles. The molecular formula is C49H93NO5. The highest BCUT2D eigenvalue weighted by molar-refractivity contribution is 5.77. The summed E-state index contributed by atoms with van der Waals surface area (Å²) in [5, 5.41) is 23.6. The van der Waals surface area contributed by atoms with E-state index in [4.69, 9.17) is 4.74 Å². The van der Waals surface area contributed by atoms with Crippen LogP contribution in [0, 0.1) is 0 Å². The molecule has 0 radical (unpaired) electrons. The number of carbonyl (C=O) groups is 2. The summed E-state index contributed by atoms with van der Waals surface area (Å²) in [5.41, 5.74) is 0. The summed E-state index contributed by atoms with van der Waals surface area (Å²) in [6.45, 7) is 6.43. The minimum Gasteiger partial charge on any atom is -0.462 e. The zero-order valence-corrected chi connectivity index (χ0v) is 36.8. The van der Waals surface area contributed by atoms with E-state index in [2.05, 4.69) is 50.4 Å². The molecule has 0 fully saturated rings. The predicted molar refractivity (Wildman–Crippen MR) is 236 cm³/mol. The van der Waals surface area contributed by atoms with Crippen molar-refractivity contribution in [2.75, 3.05) is 6.61 Å². The number of rotatable bonds is 43. The third-order valence-electron chi connectivity index (χ3n) is 11.0. The molecule has 0 aliphatic carbocycles. The van der Waals surface area contributed by atoms with Crippen molar-refractivity contribution < 1.29 is 24.5 Å². The van der Waals surface area contributed by atoms with Crippen molar-refractivity contribution >= 4 is 11.9 Å². The van der Waals surface area contributed by atoms with Crippen molar-refractivity contribution in [2.45, 2.75) is 270 Å². The summed E-state index contributed by atoms with van der Waals surface area (Å²) in [6, 6.07) is -0.700. The van der Waals surface area contributed by atoms with Crippen LogP contribution in [0.25, 0.3) is 0 Å². The Bertz CT molecular complexity index is 873. The molecule has 324 valence electrons. The Hall–Kier alpha value is -1.66. The molecule has 0 aliphatic rings. The zero-order chi connectivity index (χ0) is 40.3. The van der Waals surface area contributed by atoms with E-state index in [1.807, 2.05) is 0 Å². The number of nitrogens with one attached hydrogen (secondary N) is 1. The van der Waals surface area contributed by atoms with Crippen LogP contribution in [-0.4, -0.2) is 46.9 Å². The van der Waals surface area contributed by atoms with Gasteiger partial charge in [0.15, 0.2) is 0 Å².